The van der Waals surface area contributed by atoms with Crippen molar-refractivity contribution in [2.24, 2.45) is 0 Å². The van der Waals surface area contributed by atoms with E-state index in [9.17, 15) is 9.59 Å². The predicted octanol–water partition coefficient (Wildman–Crippen LogP) is 3.04. The summed E-state index contributed by atoms with van der Waals surface area (Å²) in [5.74, 6) is 0.771. The Bertz CT molecular complexity index is 1380. The van der Waals surface area contributed by atoms with Gasteiger partial charge in [-0.05, 0) is 30.7 Å². The van der Waals surface area contributed by atoms with Gasteiger partial charge in [0.05, 0.1) is 16.7 Å². The SMILES string of the molecule is C=CCn1c(=O)c2ccccc2n2c(SCC(=O)N3CCC(Nc4ccccc4)C3)nnc12. The average Bonchev–Trinajstić information content (AvgIpc) is 3.48. The molecule has 1 aliphatic heterocycles. The predicted molar refractivity (Wildman–Crippen MR) is 131 cm³/mol. The topological polar surface area (TPSA) is 84.5 Å². The number of para-hydroxylation sites is 2. The zero-order valence-corrected chi connectivity index (χ0v) is 18.9. The number of benzene rings is 2. The fraction of sp³-hybridized carbons (Fsp3) is 0.250. The second-order valence-electron chi connectivity index (χ2n) is 7.96. The summed E-state index contributed by atoms with van der Waals surface area (Å²) in [6.07, 6.45) is 2.58. The largest absolute Gasteiger partial charge is 0.380 e. The summed E-state index contributed by atoms with van der Waals surface area (Å²) in [5, 5.41) is 13.2. The van der Waals surface area contributed by atoms with Crippen molar-refractivity contribution in [3.8, 4) is 0 Å². The van der Waals surface area contributed by atoms with Crippen LogP contribution in [0.15, 0.2) is 77.2 Å². The molecule has 168 valence electrons. The number of thioether (sulfide) groups is 1. The highest BCUT2D eigenvalue weighted by molar-refractivity contribution is 7.99. The molecule has 33 heavy (non-hydrogen) atoms. The maximum Gasteiger partial charge on any atom is 0.263 e. The summed E-state index contributed by atoms with van der Waals surface area (Å²) < 4.78 is 3.40. The molecule has 4 aromatic rings. The number of allylic oxidation sites excluding steroid dienone is 1. The van der Waals surface area contributed by atoms with E-state index in [0.717, 1.165) is 24.2 Å². The molecule has 3 heterocycles. The highest BCUT2D eigenvalue weighted by atomic mass is 32.2. The number of nitrogens with zero attached hydrogens (tertiary/aromatic N) is 5. The van der Waals surface area contributed by atoms with E-state index in [0.29, 0.717) is 29.4 Å². The molecule has 1 amide bonds. The number of carbonyl (C=O) groups is 1. The summed E-state index contributed by atoms with van der Waals surface area (Å²) in [6.45, 7) is 5.49. The van der Waals surface area contributed by atoms with Gasteiger partial charge >= 0.3 is 0 Å². The molecule has 0 spiro atoms. The van der Waals surface area contributed by atoms with Gasteiger partial charge in [-0.15, -0.1) is 16.8 Å². The van der Waals surface area contributed by atoms with Crippen molar-refractivity contribution in [3.05, 3.63) is 77.6 Å². The zero-order chi connectivity index (χ0) is 22.8. The Hall–Kier alpha value is -3.59. The standard InChI is InChI=1S/C24H24N6O2S/c1-2-13-29-22(32)19-10-6-7-11-20(19)30-23(29)26-27-24(30)33-16-21(31)28-14-12-18(15-28)25-17-8-4-3-5-9-17/h2-11,18,25H,1,12-16H2. The van der Waals surface area contributed by atoms with Crippen LogP contribution in [0.4, 0.5) is 5.69 Å². The van der Waals surface area contributed by atoms with Gasteiger partial charge in [-0.2, -0.15) is 0 Å². The molecular weight excluding hydrogens is 436 g/mol. The highest BCUT2D eigenvalue weighted by Crippen LogP contribution is 2.23. The van der Waals surface area contributed by atoms with Crippen molar-refractivity contribution in [1.29, 1.82) is 0 Å². The molecule has 1 N–H and O–H groups in total. The molecule has 0 saturated carbocycles. The smallest absolute Gasteiger partial charge is 0.263 e. The number of nitrogens with one attached hydrogen (secondary N) is 1. The van der Waals surface area contributed by atoms with Crippen LogP contribution in [0.5, 0.6) is 0 Å². The number of anilines is 1. The van der Waals surface area contributed by atoms with Crippen LogP contribution in [0.3, 0.4) is 0 Å². The molecule has 9 heteroatoms. The third-order valence-electron chi connectivity index (χ3n) is 5.80. The lowest BCUT2D eigenvalue weighted by molar-refractivity contribution is -0.127. The van der Waals surface area contributed by atoms with Gasteiger partial charge in [-0.25, -0.2) is 0 Å². The Morgan fingerprint density at radius 2 is 1.94 bits per heavy atom. The Kier molecular flexibility index (Phi) is 5.87. The highest BCUT2D eigenvalue weighted by Gasteiger charge is 2.26. The second-order valence-corrected chi connectivity index (χ2v) is 8.91. The number of rotatable bonds is 7. The molecular formula is C24H24N6O2S. The van der Waals surface area contributed by atoms with E-state index in [2.05, 4.69) is 22.1 Å². The number of fused-ring (bicyclic) bond motifs is 3. The minimum absolute atomic E-state index is 0.0674. The molecule has 1 saturated heterocycles. The first-order chi connectivity index (χ1) is 16.2. The van der Waals surface area contributed by atoms with E-state index in [-0.39, 0.29) is 23.3 Å². The van der Waals surface area contributed by atoms with Crippen molar-refractivity contribution in [1.82, 2.24) is 24.1 Å². The molecule has 8 nitrogen and oxygen atoms in total. The fourth-order valence-corrected chi connectivity index (χ4v) is 5.06. The van der Waals surface area contributed by atoms with Gasteiger partial charge in [0.25, 0.3) is 5.56 Å². The normalized spacial score (nSPS) is 15.9. The van der Waals surface area contributed by atoms with Crippen molar-refractivity contribution < 1.29 is 4.79 Å². The van der Waals surface area contributed by atoms with Crippen LogP contribution in [-0.4, -0.2) is 54.9 Å². The number of aromatic nitrogens is 4. The van der Waals surface area contributed by atoms with Crippen LogP contribution in [0.25, 0.3) is 16.7 Å². The van der Waals surface area contributed by atoms with Gasteiger partial charge < -0.3 is 10.2 Å². The first-order valence-corrected chi connectivity index (χ1v) is 11.8. The summed E-state index contributed by atoms with van der Waals surface area (Å²) in [5.41, 5.74) is 1.66. The molecule has 1 unspecified atom stereocenters. The van der Waals surface area contributed by atoms with Gasteiger partial charge in [0.1, 0.15) is 0 Å². The van der Waals surface area contributed by atoms with E-state index >= 15 is 0 Å². The lowest BCUT2D eigenvalue weighted by atomic mass is 10.2. The van der Waals surface area contributed by atoms with E-state index in [1.54, 1.807) is 16.7 Å². The molecule has 0 bridgehead atoms. The average molecular weight is 461 g/mol. The monoisotopic (exact) mass is 460 g/mol. The third-order valence-corrected chi connectivity index (χ3v) is 6.71. The summed E-state index contributed by atoms with van der Waals surface area (Å²) in [7, 11) is 0. The van der Waals surface area contributed by atoms with Gasteiger partial charge in [0.15, 0.2) is 5.16 Å². The van der Waals surface area contributed by atoms with Crippen molar-refractivity contribution in [2.45, 2.75) is 24.2 Å². The number of hydrogen-bond acceptors (Lipinski definition) is 6. The van der Waals surface area contributed by atoms with Crippen molar-refractivity contribution >= 4 is 40.0 Å². The van der Waals surface area contributed by atoms with Crippen LogP contribution in [-0.2, 0) is 11.3 Å². The first-order valence-electron chi connectivity index (χ1n) is 10.9. The number of amides is 1. The molecule has 0 radical (unpaired) electrons. The van der Waals surface area contributed by atoms with Crippen molar-refractivity contribution in [2.75, 3.05) is 24.2 Å². The fourth-order valence-electron chi connectivity index (χ4n) is 4.21. The van der Waals surface area contributed by atoms with Crippen LogP contribution in [0.2, 0.25) is 0 Å². The lowest BCUT2D eigenvalue weighted by Crippen LogP contribution is -2.32. The first kappa shape index (κ1) is 21.3. The van der Waals surface area contributed by atoms with E-state index < -0.39 is 0 Å². The zero-order valence-electron chi connectivity index (χ0n) is 18.1. The Morgan fingerprint density at radius 3 is 2.76 bits per heavy atom. The van der Waals surface area contributed by atoms with E-state index in [4.69, 9.17) is 0 Å². The Balaban J connectivity index is 1.33. The molecule has 1 fully saturated rings. The van der Waals surface area contributed by atoms with Crippen LogP contribution >= 0.6 is 11.8 Å². The Morgan fingerprint density at radius 1 is 1.15 bits per heavy atom. The molecule has 1 atom stereocenters. The quantitative estimate of drug-likeness (QED) is 0.337. The van der Waals surface area contributed by atoms with Crippen LogP contribution < -0.4 is 10.9 Å². The minimum Gasteiger partial charge on any atom is -0.380 e. The van der Waals surface area contributed by atoms with Gasteiger partial charge in [0, 0.05) is 31.4 Å². The minimum atomic E-state index is -0.132. The molecule has 0 aliphatic carbocycles. The van der Waals surface area contributed by atoms with Crippen LogP contribution in [0.1, 0.15) is 6.42 Å². The summed E-state index contributed by atoms with van der Waals surface area (Å²) in [4.78, 5) is 27.7. The van der Waals surface area contributed by atoms with E-state index in [1.165, 1.54) is 11.8 Å². The van der Waals surface area contributed by atoms with E-state index in [1.807, 2.05) is 57.8 Å². The maximum absolute atomic E-state index is 12.9. The Labute approximate surface area is 194 Å². The molecule has 2 aromatic heterocycles. The third kappa shape index (κ3) is 4.11. The van der Waals surface area contributed by atoms with Crippen molar-refractivity contribution in [3.63, 3.8) is 0 Å². The maximum atomic E-state index is 12.9. The van der Waals surface area contributed by atoms with Crippen LogP contribution in [0, 0.1) is 0 Å². The molecule has 2 aromatic carbocycles. The number of likely N-dealkylation sites (tertiary alicyclic amines) is 1. The second kappa shape index (κ2) is 9.11. The molecule has 5 rings (SSSR count). The summed E-state index contributed by atoms with van der Waals surface area (Å²) >= 11 is 1.34. The summed E-state index contributed by atoms with van der Waals surface area (Å²) in [6, 6.07) is 17.7. The number of carbonyl (C=O) groups excluding carboxylic acids is 1. The lowest BCUT2D eigenvalue weighted by Gasteiger charge is -2.17. The molecule has 1 aliphatic rings. The van der Waals surface area contributed by atoms with Gasteiger partial charge in [0.2, 0.25) is 11.7 Å². The van der Waals surface area contributed by atoms with Gasteiger partial charge in [-0.1, -0.05) is 48.2 Å². The number of hydrogen-bond donors (Lipinski definition) is 1. The van der Waals surface area contributed by atoms with Gasteiger partial charge in [-0.3, -0.25) is 18.6 Å².